The van der Waals surface area contributed by atoms with E-state index in [4.69, 9.17) is 28.3 Å². The lowest BCUT2D eigenvalue weighted by molar-refractivity contribution is 0.780. The zero-order chi connectivity index (χ0) is 17.4. The van der Waals surface area contributed by atoms with Crippen molar-refractivity contribution in [2.75, 3.05) is 11.9 Å². The minimum Gasteiger partial charge on any atom is -0.370 e. The Morgan fingerprint density at radius 2 is 1.84 bits per heavy atom. The summed E-state index contributed by atoms with van der Waals surface area (Å²) in [5.74, 6) is 1.05. The standard InChI is InChI=1S/C19H16Cl2IN3/c20-13-9-14(21)11-16(10-13)25-19-17(6-1-2-7-23-19)18(24-25)12-4-3-5-15(22)8-12/h3-5,8-11,23H,1-2,6-7H2. The van der Waals surface area contributed by atoms with Crippen molar-refractivity contribution >= 4 is 51.6 Å². The fourth-order valence-corrected chi connectivity index (χ4v) is 4.28. The van der Waals surface area contributed by atoms with E-state index in [1.807, 2.05) is 16.8 Å². The third kappa shape index (κ3) is 3.52. The molecule has 4 rings (SSSR count). The molecule has 1 aliphatic heterocycles. The van der Waals surface area contributed by atoms with E-state index in [2.05, 4.69) is 52.2 Å². The van der Waals surface area contributed by atoms with Gasteiger partial charge in [-0.2, -0.15) is 5.10 Å². The molecule has 0 saturated carbocycles. The second kappa shape index (κ2) is 7.17. The molecule has 3 aromatic rings. The Kier molecular flexibility index (Phi) is 4.93. The van der Waals surface area contributed by atoms with E-state index < -0.39 is 0 Å². The van der Waals surface area contributed by atoms with Crippen LogP contribution >= 0.6 is 45.8 Å². The molecule has 0 bridgehead atoms. The van der Waals surface area contributed by atoms with Gasteiger partial charge in [0.15, 0.2) is 0 Å². The highest BCUT2D eigenvalue weighted by Gasteiger charge is 2.22. The van der Waals surface area contributed by atoms with Gasteiger partial charge in [-0.05, 0) is 72.2 Å². The number of anilines is 1. The molecular formula is C19H16Cl2IN3. The summed E-state index contributed by atoms with van der Waals surface area (Å²) in [6.45, 7) is 0.943. The van der Waals surface area contributed by atoms with Gasteiger partial charge in [0, 0.05) is 31.3 Å². The number of rotatable bonds is 2. The number of halogens is 3. The monoisotopic (exact) mass is 483 g/mol. The zero-order valence-electron chi connectivity index (χ0n) is 13.4. The Balaban J connectivity index is 1.93. The lowest BCUT2D eigenvalue weighted by atomic mass is 10.0. The first-order valence-corrected chi connectivity index (χ1v) is 10.0. The first-order chi connectivity index (χ1) is 12.1. The molecule has 25 heavy (non-hydrogen) atoms. The van der Waals surface area contributed by atoms with E-state index in [-0.39, 0.29) is 0 Å². The molecule has 0 amide bonds. The van der Waals surface area contributed by atoms with Crippen LogP contribution in [0.25, 0.3) is 16.9 Å². The lowest BCUT2D eigenvalue weighted by Crippen LogP contribution is -2.07. The largest absolute Gasteiger partial charge is 0.370 e. The van der Waals surface area contributed by atoms with Crippen LogP contribution in [0.15, 0.2) is 42.5 Å². The minimum atomic E-state index is 0.608. The molecule has 1 aliphatic rings. The van der Waals surface area contributed by atoms with Gasteiger partial charge in [0.05, 0.1) is 11.4 Å². The first-order valence-electron chi connectivity index (χ1n) is 8.20. The molecule has 0 radical (unpaired) electrons. The Morgan fingerprint density at radius 3 is 2.60 bits per heavy atom. The molecule has 0 unspecified atom stereocenters. The van der Waals surface area contributed by atoms with Crippen LogP contribution in [0.2, 0.25) is 10.0 Å². The highest BCUT2D eigenvalue weighted by atomic mass is 127. The summed E-state index contributed by atoms with van der Waals surface area (Å²) in [5, 5.41) is 9.69. The second-order valence-corrected chi connectivity index (χ2v) is 8.23. The summed E-state index contributed by atoms with van der Waals surface area (Å²) in [4.78, 5) is 0. The molecule has 0 fully saturated rings. The molecule has 3 nitrogen and oxygen atoms in total. The van der Waals surface area contributed by atoms with E-state index in [1.165, 1.54) is 9.13 Å². The molecule has 2 heterocycles. The topological polar surface area (TPSA) is 29.9 Å². The average Bonchev–Trinajstić information content (AvgIpc) is 2.76. The van der Waals surface area contributed by atoms with Crippen LogP contribution in [0.5, 0.6) is 0 Å². The second-order valence-electron chi connectivity index (χ2n) is 6.11. The van der Waals surface area contributed by atoms with E-state index >= 15 is 0 Å². The maximum atomic E-state index is 6.21. The fourth-order valence-electron chi connectivity index (χ4n) is 3.22. The molecule has 6 heteroatoms. The van der Waals surface area contributed by atoms with Gasteiger partial charge in [0.2, 0.25) is 0 Å². The summed E-state index contributed by atoms with van der Waals surface area (Å²) in [6.07, 6.45) is 3.31. The summed E-state index contributed by atoms with van der Waals surface area (Å²) >= 11 is 14.8. The van der Waals surface area contributed by atoms with E-state index in [1.54, 1.807) is 6.07 Å². The van der Waals surface area contributed by atoms with Crippen molar-refractivity contribution in [2.24, 2.45) is 0 Å². The molecule has 128 valence electrons. The predicted octanol–water partition coefficient (Wildman–Crippen LogP) is 6.20. The van der Waals surface area contributed by atoms with Gasteiger partial charge < -0.3 is 5.32 Å². The van der Waals surface area contributed by atoms with Gasteiger partial charge in [-0.25, -0.2) is 4.68 Å². The van der Waals surface area contributed by atoms with Gasteiger partial charge >= 0.3 is 0 Å². The molecule has 0 spiro atoms. The fraction of sp³-hybridized carbons (Fsp3) is 0.211. The van der Waals surface area contributed by atoms with Crippen molar-refractivity contribution in [1.29, 1.82) is 0 Å². The minimum absolute atomic E-state index is 0.608. The van der Waals surface area contributed by atoms with Crippen molar-refractivity contribution in [3.8, 4) is 16.9 Å². The number of hydrogen-bond acceptors (Lipinski definition) is 2. The van der Waals surface area contributed by atoms with Gasteiger partial charge in [0.25, 0.3) is 0 Å². The summed E-state index contributed by atoms with van der Waals surface area (Å²) in [7, 11) is 0. The van der Waals surface area contributed by atoms with Crippen molar-refractivity contribution < 1.29 is 0 Å². The Hall–Kier alpha value is -1.24. The number of nitrogens with zero attached hydrogens (tertiary/aromatic N) is 2. The van der Waals surface area contributed by atoms with Crippen LogP contribution in [0.3, 0.4) is 0 Å². The molecule has 1 N–H and O–H groups in total. The van der Waals surface area contributed by atoms with Crippen LogP contribution in [0, 0.1) is 3.57 Å². The quantitative estimate of drug-likeness (QED) is 0.440. The number of aromatic nitrogens is 2. The highest BCUT2D eigenvalue weighted by Crippen LogP contribution is 2.35. The van der Waals surface area contributed by atoms with Gasteiger partial charge in [-0.3, -0.25) is 0 Å². The lowest BCUT2D eigenvalue weighted by Gasteiger charge is -2.10. The van der Waals surface area contributed by atoms with Crippen molar-refractivity contribution in [3.63, 3.8) is 0 Å². The summed E-state index contributed by atoms with van der Waals surface area (Å²) < 4.78 is 3.14. The maximum Gasteiger partial charge on any atom is 0.133 e. The number of fused-ring (bicyclic) bond motifs is 1. The van der Waals surface area contributed by atoms with Crippen molar-refractivity contribution in [2.45, 2.75) is 19.3 Å². The van der Waals surface area contributed by atoms with Gasteiger partial charge in [0.1, 0.15) is 5.82 Å². The average molecular weight is 484 g/mol. The maximum absolute atomic E-state index is 6.21. The van der Waals surface area contributed by atoms with Crippen LogP contribution < -0.4 is 5.32 Å². The summed E-state index contributed by atoms with van der Waals surface area (Å²) in [6, 6.07) is 14.0. The Labute approximate surface area is 170 Å². The number of hydrogen-bond donors (Lipinski definition) is 1. The van der Waals surface area contributed by atoms with Crippen LogP contribution in [0.4, 0.5) is 5.82 Å². The zero-order valence-corrected chi connectivity index (χ0v) is 17.1. The third-order valence-electron chi connectivity index (χ3n) is 4.32. The number of nitrogens with one attached hydrogen (secondary N) is 1. The highest BCUT2D eigenvalue weighted by molar-refractivity contribution is 14.1. The smallest absolute Gasteiger partial charge is 0.133 e. The van der Waals surface area contributed by atoms with Crippen LogP contribution in [-0.4, -0.2) is 16.3 Å². The van der Waals surface area contributed by atoms with Crippen LogP contribution in [0.1, 0.15) is 18.4 Å². The molecule has 1 aromatic heterocycles. The predicted molar refractivity (Wildman–Crippen MR) is 113 cm³/mol. The third-order valence-corrected chi connectivity index (χ3v) is 5.43. The normalized spacial score (nSPS) is 13.9. The first kappa shape index (κ1) is 17.2. The van der Waals surface area contributed by atoms with Gasteiger partial charge in [-0.1, -0.05) is 35.3 Å². The Morgan fingerprint density at radius 1 is 1.04 bits per heavy atom. The van der Waals surface area contributed by atoms with E-state index in [0.29, 0.717) is 10.0 Å². The van der Waals surface area contributed by atoms with E-state index in [9.17, 15) is 0 Å². The van der Waals surface area contributed by atoms with Crippen molar-refractivity contribution in [1.82, 2.24) is 9.78 Å². The molecule has 0 saturated heterocycles. The molecule has 2 aromatic carbocycles. The van der Waals surface area contributed by atoms with Gasteiger partial charge in [-0.15, -0.1) is 0 Å². The molecular weight excluding hydrogens is 468 g/mol. The molecule has 0 atom stereocenters. The van der Waals surface area contributed by atoms with E-state index in [0.717, 1.165) is 48.6 Å². The molecule has 0 aliphatic carbocycles. The van der Waals surface area contributed by atoms with Crippen molar-refractivity contribution in [3.05, 3.63) is 61.6 Å². The Bertz CT molecular complexity index is 916. The van der Waals surface area contributed by atoms with Crippen LogP contribution in [-0.2, 0) is 6.42 Å². The summed E-state index contributed by atoms with van der Waals surface area (Å²) in [5.41, 5.74) is 4.30. The number of benzene rings is 2. The SMILES string of the molecule is Clc1cc(Cl)cc(-n2nc(-c3cccc(I)c3)c3c2NCCCC3)c1.